The molecule has 3 aromatic rings. The molecule has 6 nitrogen and oxygen atoms in total. The molecule has 0 atom stereocenters. The molecular formula is C28H28F3N5OS. The number of allylic oxidation sites excluding steroid dienone is 1. The summed E-state index contributed by atoms with van der Waals surface area (Å²) in [5.41, 5.74) is 11.1. The number of amidine groups is 1. The molecular weight excluding hydrogens is 511 g/mol. The van der Waals surface area contributed by atoms with E-state index in [0.29, 0.717) is 11.3 Å². The van der Waals surface area contributed by atoms with Crippen LogP contribution in [0.4, 0.5) is 24.5 Å². The first kappa shape index (κ1) is 29.9. The van der Waals surface area contributed by atoms with E-state index in [0.717, 1.165) is 28.4 Å². The van der Waals surface area contributed by atoms with E-state index in [2.05, 4.69) is 46.0 Å². The molecule has 3 aromatic carbocycles. The van der Waals surface area contributed by atoms with E-state index in [1.165, 1.54) is 35.8 Å². The Hall–Kier alpha value is -4.31. The number of nitrogens with two attached hydrogens (primary N) is 1. The molecule has 0 radical (unpaired) electrons. The number of alkyl halides is 3. The van der Waals surface area contributed by atoms with Gasteiger partial charge in [0.15, 0.2) is 0 Å². The maximum Gasteiger partial charge on any atom is 0.573 e. The number of nitrogens with zero attached hydrogens (tertiary/aromatic N) is 2. The summed E-state index contributed by atoms with van der Waals surface area (Å²) >= 11 is 5.02. The summed E-state index contributed by atoms with van der Waals surface area (Å²) in [6, 6.07) is 20.1. The van der Waals surface area contributed by atoms with Crippen LogP contribution in [0.15, 0.2) is 88.4 Å². The number of ether oxygens (including phenoxy) is 1. The zero-order valence-electron chi connectivity index (χ0n) is 21.1. The van der Waals surface area contributed by atoms with Crippen LogP contribution in [0.2, 0.25) is 0 Å². The van der Waals surface area contributed by atoms with Gasteiger partial charge in [0.2, 0.25) is 0 Å². The van der Waals surface area contributed by atoms with Gasteiger partial charge in [-0.2, -0.15) is 0 Å². The number of hydrogen-bond acceptors (Lipinski definition) is 4. The number of halogens is 3. The smallest absolute Gasteiger partial charge is 0.406 e. The third kappa shape index (κ3) is 11.2. The summed E-state index contributed by atoms with van der Waals surface area (Å²) in [4.78, 5) is 8.73. The zero-order valence-corrected chi connectivity index (χ0v) is 21.9. The number of aliphatic imine (C=N–C) groups is 2. The second-order valence-corrected chi connectivity index (χ2v) is 8.67. The molecule has 0 bridgehead atoms. The lowest BCUT2D eigenvalue weighted by atomic mass is 10.1. The van der Waals surface area contributed by atoms with E-state index < -0.39 is 6.36 Å². The summed E-state index contributed by atoms with van der Waals surface area (Å²) in [5, 5.41) is 10.3. The normalized spacial score (nSPS) is 11.3. The van der Waals surface area contributed by atoms with Crippen LogP contribution in [0.5, 0.6) is 5.75 Å². The SMILES string of the molecule is CC(=S)Nc1ccccc1C=C(C)C.N=Cc1ccc(C(N)=NC=Nc2ccc(OC(F)(F)F)cc2)cc1. The molecule has 0 fully saturated rings. The van der Waals surface area contributed by atoms with E-state index >= 15 is 0 Å². The number of anilines is 1. The lowest BCUT2D eigenvalue weighted by Crippen LogP contribution is -2.16. The monoisotopic (exact) mass is 539 g/mol. The van der Waals surface area contributed by atoms with Crippen LogP contribution >= 0.6 is 12.2 Å². The molecule has 0 aliphatic carbocycles. The number of rotatable bonds is 7. The van der Waals surface area contributed by atoms with Crippen LogP contribution in [-0.4, -0.2) is 29.7 Å². The highest BCUT2D eigenvalue weighted by molar-refractivity contribution is 7.80. The molecule has 38 heavy (non-hydrogen) atoms. The van der Waals surface area contributed by atoms with Crippen molar-refractivity contribution >= 4 is 53.0 Å². The zero-order chi connectivity index (χ0) is 28.1. The van der Waals surface area contributed by atoms with E-state index in [-0.39, 0.29) is 11.6 Å². The highest BCUT2D eigenvalue weighted by Crippen LogP contribution is 2.24. The Balaban J connectivity index is 0.000000308. The summed E-state index contributed by atoms with van der Waals surface area (Å²) < 4.78 is 39.9. The number of thiocarbonyl (C=S) groups is 1. The molecule has 198 valence electrons. The van der Waals surface area contributed by atoms with Crippen LogP contribution < -0.4 is 15.8 Å². The maximum atomic E-state index is 12.0. The van der Waals surface area contributed by atoms with Crippen LogP contribution in [0.25, 0.3) is 6.08 Å². The molecule has 0 saturated carbocycles. The fraction of sp³-hybridized carbons (Fsp3) is 0.143. The van der Waals surface area contributed by atoms with Gasteiger partial charge in [-0.15, -0.1) is 13.2 Å². The van der Waals surface area contributed by atoms with Gasteiger partial charge in [-0.05, 0) is 62.2 Å². The molecule has 4 N–H and O–H groups in total. The predicted molar refractivity (Wildman–Crippen MR) is 154 cm³/mol. The van der Waals surface area contributed by atoms with Crippen molar-refractivity contribution in [2.24, 2.45) is 15.7 Å². The maximum absolute atomic E-state index is 12.0. The van der Waals surface area contributed by atoms with Crippen molar-refractivity contribution in [1.82, 2.24) is 0 Å². The van der Waals surface area contributed by atoms with E-state index in [1.807, 2.05) is 25.1 Å². The molecule has 0 heterocycles. The average Bonchev–Trinajstić information content (AvgIpc) is 2.85. The minimum Gasteiger partial charge on any atom is -0.406 e. The summed E-state index contributed by atoms with van der Waals surface area (Å²) in [5.74, 6) is -0.0944. The van der Waals surface area contributed by atoms with Crippen molar-refractivity contribution in [2.45, 2.75) is 27.1 Å². The molecule has 0 amide bonds. The van der Waals surface area contributed by atoms with Crippen molar-refractivity contribution in [3.63, 3.8) is 0 Å². The molecule has 10 heteroatoms. The van der Waals surface area contributed by atoms with Gasteiger partial charge >= 0.3 is 6.36 Å². The van der Waals surface area contributed by atoms with Crippen LogP contribution in [0.1, 0.15) is 37.5 Å². The number of hydrogen-bond donors (Lipinski definition) is 3. The lowest BCUT2D eigenvalue weighted by molar-refractivity contribution is -0.274. The fourth-order valence-electron chi connectivity index (χ4n) is 2.95. The summed E-state index contributed by atoms with van der Waals surface area (Å²) in [7, 11) is 0. The van der Waals surface area contributed by atoms with Crippen LogP contribution in [-0.2, 0) is 0 Å². The minimum atomic E-state index is -4.73. The molecule has 0 aromatic heterocycles. The quantitative estimate of drug-likeness (QED) is 0.164. The van der Waals surface area contributed by atoms with E-state index in [4.69, 9.17) is 23.4 Å². The Bertz CT molecular complexity index is 1310. The van der Waals surface area contributed by atoms with Gasteiger partial charge in [0.05, 0.1) is 10.7 Å². The molecule has 0 spiro atoms. The Kier molecular flexibility index (Phi) is 11.4. The molecule has 0 aliphatic heterocycles. The third-order valence-corrected chi connectivity index (χ3v) is 4.66. The van der Waals surface area contributed by atoms with Gasteiger partial charge in [-0.25, -0.2) is 9.98 Å². The Labute approximate surface area is 225 Å². The average molecular weight is 540 g/mol. The third-order valence-electron chi connectivity index (χ3n) is 4.56. The van der Waals surface area contributed by atoms with Gasteiger partial charge < -0.3 is 21.2 Å². The van der Waals surface area contributed by atoms with Gasteiger partial charge in [-0.3, -0.25) is 0 Å². The van der Waals surface area contributed by atoms with Crippen LogP contribution in [0, 0.1) is 5.41 Å². The summed E-state index contributed by atoms with van der Waals surface area (Å²) in [6.45, 7) is 6.05. The number of para-hydroxylation sites is 1. The highest BCUT2D eigenvalue weighted by Gasteiger charge is 2.30. The predicted octanol–water partition coefficient (Wildman–Crippen LogP) is 7.52. The topological polar surface area (TPSA) is 95.9 Å². The van der Waals surface area contributed by atoms with Crippen LogP contribution in [0.3, 0.4) is 0 Å². The second-order valence-electron chi connectivity index (χ2n) is 8.06. The Morgan fingerprint density at radius 2 is 1.61 bits per heavy atom. The van der Waals surface area contributed by atoms with Crippen molar-refractivity contribution in [2.75, 3.05) is 5.32 Å². The van der Waals surface area contributed by atoms with Gasteiger partial charge in [0.25, 0.3) is 0 Å². The first-order valence-electron chi connectivity index (χ1n) is 11.3. The standard InChI is InChI=1S/C16H13F3N4O.C12H15NS/c17-16(18,19)24-14-7-5-13(6-8-14)22-10-23-15(21)12-3-1-11(9-20)2-4-12;1-9(2)8-11-6-4-5-7-12(11)13-10(3)14/h1-10,20H,(H2,21,22,23);4-8H,1-3H3,(H,13,14). The largest absolute Gasteiger partial charge is 0.573 e. The van der Waals surface area contributed by atoms with Crippen molar-refractivity contribution in [3.8, 4) is 5.75 Å². The first-order chi connectivity index (χ1) is 18.0. The van der Waals surface area contributed by atoms with E-state index in [1.54, 1.807) is 24.3 Å². The van der Waals surface area contributed by atoms with Gasteiger partial charge in [0.1, 0.15) is 17.9 Å². The minimum absolute atomic E-state index is 0.229. The Morgan fingerprint density at radius 3 is 2.16 bits per heavy atom. The highest BCUT2D eigenvalue weighted by atomic mass is 32.1. The molecule has 3 rings (SSSR count). The molecule has 0 unspecified atom stereocenters. The van der Waals surface area contributed by atoms with Gasteiger partial charge in [-0.1, -0.05) is 66.3 Å². The van der Waals surface area contributed by atoms with E-state index in [9.17, 15) is 13.2 Å². The first-order valence-corrected chi connectivity index (χ1v) is 11.7. The summed E-state index contributed by atoms with van der Waals surface area (Å²) in [6.07, 6.45) is -0.165. The Morgan fingerprint density at radius 1 is 0.974 bits per heavy atom. The second kappa shape index (κ2) is 14.4. The van der Waals surface area contributed by atoms with Crippen molar-refractivity contribution in [1.29, 1.82) is 5.41 Å². The van der Waals surface area contributed by atoms with Gasteiger partial charge in [0, 0.05) is 17.5 Å². The number of benzene rings is 3. The number of nitrogens with one attached hydrogen (secondary N) is 2. The van der Waals surface area contributed by atoms with Crippen molar-refractivity contribution < 1.29 is 17.9 Å². The molecule has 0 saturated heterocycles. The lowest BCUT2D eigenvalue weighted by Gasteiger charge is -2.08. The fourth-order valence-corrected chi connectivity index (χ4v) is 3.06. The molecule has 0 aliphatic rings. The van der Waals surface area contributed by atoms with Crippen molar-refractivity contribution in [3.05, 3.63) is 95.1 Å².